The van der Waals surface area contributed by atoms with Crippen molar-refractivity contribution in [1.82, 2.24) is 15.2 Å². The SMILES string of the molecule is CC(=O)N1Cc2ccccc2C[C@H]1C(=O)NCc1nc(C)cs1. The number of amides is 2. The van der Waals surface area contributed by atoms with E-state index in [1.807, 2.05) is 36.6 Å². The summed E-state index contributed by atoms with van der Waals surface area (Å²) in [6.45, 7) is 4.33. The number of benzene rings is 1. The fraction of sp³-hybridized carbons (Fsp3) is 0.353. The third-order valence-corrected chi connectivity index (χ3v) is 5.00. The molecule has 0 saturated carbocycles. The van der Waals surface area contributed by atoms with E-state index in [4.69, 9.17) is 0 Å². The number of thiazole rings is 1. The van der Waals surface area contributed by atoms with Gasteiger partial charge in [-0.05, 0) is 18.1 Å². The Morgan fingerprint density at radius 2 is 2.09 bits per heavy atom. The molecule has 2 amide bonds. The number of hydrogen-bond acceptors (Lipinski definition) is 4. The second-order valence-corrected chi connectivity index (χ2v) is 6.68. The summed E-state index contributed by atoms with van der Waals surface area (Å²) < 4.78 is 0. The first-order chi connectivity index (χ1) is 11.0. The normalized spacial score (nSPS) is 16.8. The van der Waals surface area contributed by atoms with Gasteiger partial charge in [0.25, 0.3) is 0 Å². The highest BCUT2D eigenvalue weighted by atomic mass is 32.1. The Hall–Kier alpha value is -2.21. The number of fused-ring (bicyclic) bond motifs is 1. The quantitative estimate of drug-likeness (QED) is 0.937. The van der Waals surface area contributed by atoms with Crippen LogP contribution in [0.4, 0.5) is 0 Å². The number of hydrogen-bond donors (Lipinski definition) is 1. The van der Waals surface area contributed by atoms with Gasteiger partial charge in [0.05, 0.1) is 6.54 Å². The van der Waals surface area contributed by atoms with Crippen molar-refractivity contribution in [2.75, 3.05) is 0 Å². The molecule has 1 atom stereocenters. The average Bonchev–Trinajstić information content (AvgIpc) is 2.96. The molecule has 0 fully saturated rings. The van der Waals surface area contributed by atoms with Gasteiger partial charge in [-0.2, -0.15) is 0 Å². The van der Waals surface area contributed by atoms with Crippen molar-refractivity contribution in [2.24, 2.45) is 0 Å². The van der Waals surface area contributed by atoms with Crippen molar-refractivity contribution in [3.8, 4) is 0 Å². The van der Waals surface area contributed by atoms with Gasteiger partial charge < -0.3 is 10.2 Å². The van der Waals surface area contributed by atoms with Crippen molar-refractivity contribution in [3.63, 3.8) is 0 Å². The molecule has 0 radical (unpaired) electrons. The van der Waals surface area contributed by atoms with Crippen molar-refractivity contribution >= 4 is 23.2 Å². The molecule has 5 nitrogen and oxygen atoms in total. The zero-order chi connectivity index (χ0) is 16.4. The summed E-state index contributed by atoms with van der Waals surface area (Å²) in [7, 11) is 0. The molecule has 3 rings (SSSR count). The lowest BCUT2D eigenvalue weighted by Crippen LogP contribution is -2.51. The predicted octanol–water partition coefficient (Wildman–Crippen LogP) is 2.04. The summed E-state index contributed by atoms with van der Waals surface area (Å²) >= 11 is 1.53. The summed E-state index contributed by atoms with van der Waals surface area (Å²) in [4.78, 5) is 30.5. The Balaban J connectivity index is 1.73. The number of carbonyl (C=O) groups is 2. The van der Waals surface area contributed by atoms with Crippen LogP contribution in [0, 0.1) is 6.92 Å². The molecule has 23 heavy (non-hydrogen) atoms. The summed E-state index contributed by atoms with van der Waals surface area (Å²) in [5.41, 5.74) is 3.20. The van der Waals surface area contributed by atoms with E-state index in [-0.39, 0.29) is 11.8 Å². The minimum Gasteiger partial charge on any atom is -0.348 e. The van der Waals surface area contributed by atoms with E-state index in [1.54, 1.807) is 4.90 Å². The van der Waals surface area contributed by atoms with Gasteiger partial charge in [-0.1, -0.05) is 24.3 Å². The monoisotopic (exact) mass is 329 g/mol. The van der Waals surface area contributed by atoms with Gasteiger partial charge in [0.15, 0.2) is 0 Å². The molecule has 120 valence electrons. The predicted molar refractivity (Wildman–Crippen MR) is 88.9 cm³/mol. The van der Waals surface area contributed by atoms with Gasteiger partial charge in [-0.15, -0.1) is 11.3 Å². The number of aromatic nitrogens is 1. The summed E-state index contributed by atoms with van der Waals surface area (Å²) in [6.07, 6.45) is 0.554. The molecule has 6 heteroatoms. The van der Waals surface area contributed by atoms with Crippen LogP contribution in [0.3, 0.4) is 0 Å². The molecule has 0 bridgehead atoms. The first-order valence-corrected chi connectivity index (χ1v) is 8.45. The highest BCUT2D eigenvalue weighted by molar-refractivity contribution is 7.09. The van der Waals surface area contributed by atoms with Crippen LogP contribution in [0.25, 0.3) is 0 Å². The first kappa shape index (κ1) is 15.7. The molecule has 2 heterocycles. The number of nitrogens with zero attached hydrogens (tertiary/aromatic N) is 2. The maximum atomic E-state index is 12.6. The largest absolute Gasteiger partial charge is 0.348 e. The fourth-order valence-electron chi connectivity index (χ4n) is 2.85. The number of carbonyl (C=O) groups excluding carboxylic acids is 2. The molecule has 2 aromatic rings. The van der Waals surface area contributed by atoms with Crippen LogP contribution >= 0.6 is 11.3 Å². The van der Waals surface area contributed by atoms with Gasteiger partial charge in [-0.25, -0.2) is 4.98 Å². The molecule has 1 aliphatic rings. The zero-order valence-electron chi connectivity index (χ0n) is 13.2. The van der Waals surface area contributed by atoms with Crippen molar-refractivity contribution in [3.05, 3.63) is 51.5 Å². The van der Waals surface area contributed by atoms with Crippen molar-refractivity contribution in [2.45, 2.75) is 39.4 Å². The Kier molecular flexibility index (Phi) is 4.43. The molecule has 1 aliphatic heterocycles. The molecule has 0 aliphatic carbocycles. The standard InChI is InChI=1S/C17H19N3O2S/c1-11-10-23-16(19-11)8-18-17(22)15-7-13-5-3-4-6-14(13)9-20(15)12(2)21/h3-6,10,15H,7-9H2,1-2H3,(H,18,22)/t15-/m0/s1. The van der Waals surface area contributed by atoms with E-state index in [1.165, 1.54) is 18.3 Å². The summed E-state index contributed by atoms with van der Waals surface area (Å²) in [6, 6.07) is 7.51. The Morgan fingerprint density at radius 1 is 1.35 bits per heavy atom. The van der Waals surface area contributed by atoms with Crippen LogP contribution in [0.1, 0.15) is 28.8 Å². The van der Waals surface area contributed by atoms with E-state index in [2.05, 4.69) is 10.3 Å². The maximum Gasteiger partial charge on any atom is 0.243 e. The molecule has 1 aromatic carbocycles. The lowest BCUT2D eigenvalue weighted by molar-refractivity contribution is -0.140. The van der Waals surface area contributed by atoms with Crippen LogP contribution in [0.2, 0.25) is 0 Å². The lowest BCUT2D eigenvalue weighted by Gasteiger charge is -2.35. The van der Waals surface area contributed by atoms with Crippen molar-refractivity contribution in [1.29, 1.82) is 0 Å². The maximum absolute atomic E-state index is 12.6. The summed E-state index contributed by atoms with van der Waals surface area (Å²) in [5, 5.41) is 5.75. The van der Waals surface area contributed by atoms with E-state index in [0.717, 1.165) is 21.8 Å². The number of rotatable bonds is 3. The first-order valence-electron chi connectivity index (χ1n) is 7.57. The zero-order valence-corrected chi connectivity index (χ0v) is 14.0. The van der Waals surface area contributed by atoms with E-state index in [9.17, 15) is 9.59 Å². The fourth-order valence-corrected chi connectivity index (χ4v) is 3.56. The smallest absolute Gasteiger partial charge is 0.243 e. The summed E-state index contributed by atoms with van der Waals surface area (Å²) in [5.74, 6) is -0.202. The minimum atomic E-state index is -0.455. The van der Waals surface area contributed by atoms with E-state index >= 15 is 0 Å². The molecule has 0 spiro atoms. The Morgan fingerprint density at radius 3 is 2.74 bits per heavy atom. The number of nitrogens with one attached hydrogen (secondary N) is 1. The van der Waals surface area contributed by atoms with E-state index in [0.29, 0.717) is 19.5 Å². The Bertz CT molecular complexity index is 741. The van der Waals surface area contributed by atoms with Gasteiger partial charge in [0, 0.05) is 31.0 Å². The highest BCUT2D eigenvalue weighted by Gasteiger charge is 2.32. The molecule has 1 aromatic heterocycles. The molecular weight excluding hydrogens is 310 g/mol. The third-order valence-electron chi connectivity index (χ3n) is 4.04. The Labute approximate surface area is 139 Å². The molecular formula is C17H19N3O2S. The van der Waals surface area contributed by atoms with Crippen LogP contribution in [0.15, 0.2) is 29.6 Å². The third kappa shape index (κ3) is 3.42. The van der Waals surface area contributed by atoms with Crippen LogP contribution < -0.4 is 5.32 Å². The van der Waals surface area contributed by atoms with Gasteiger partial charge in [0.2, 0.25) is 11.8 Å². The van der Waals surface area contributed by atoms with Crippen molar-refractivity contribution < 1.29 is 9.59 Å². The average molecular weight is 329 g/mol. The van der Waals surface area contributed by atoms with Gasteiger partial charge in [-0.3, -0.25) is 9.59 Å². The van der Waals surface area contributed by atoms with Gasteiger partial charge in [0.1, 0.15) is 11.0 Å². The second kappa shape index (κ2) is 6.50. The lowest BCUT2D eigenvalue weighted by atomic mass is 9.93. The van der Waals surface area contributed by atoms with Crippen LogP contribution in [0.5, 0.6) is 0 Å². The number of aryl methyl sites for hydroxylation is 1. The highest BCUT2D eigenvalue weighted by Crippen LogP contribution is 2.23. The molecule has 0 unspecified atom stereocenters. The topological polar surface area (TPSA) is 62.3 Å². The van der Waals surface area contributed by atoms with Crippen LogP contribution in [-0.2, 0) is 29.1 Å². The molecule has 0 saturated heterocycles. The minimum absolute atomic E-state index is 0.0789. The second-order valence-electron chi connectivity index (χ2n) is 5.74. The molecule has 1 N–H and O–H groups in total. The van der Waals surface area contributed by atoms with Gasteiger partial charge >= 0.3 is 0 Å². The van der Waals surface area contributed by atoms with E-state index < -0.39 is 6.04 Å². The van der Waals surface area contributed by atoms with Crippen LogP contribution in [-0.4, -0.2) is 27.7 Å².